The lowest BCUT2D eigenvalue weighted by atomic mass is 10.2. The molecular weight excluding hydrogens is 346 g/mol. The van der Waals surface area contributed by atoms with Gasteiger partial charge in [-0.05, 0) is 31.0 Å². The van der Waals surface area contributed by atoms with Crippen LogP contribution in [0.25, 0.3) is 0 Å². The van der Waals surface area contributed by atoms with Gasteiger partial charge >= 0.3 is 0 Å². The zero-order valence-electron chi connectivity index (χ0n) is 15.9. The molecule has 1 fully saturated rings. The average molecular weight is 373 g/mol. The molecular formula is C20H27N3O4. The maximum Gasteiger partial charge on any atom is 0.260 e. The predicted molar refractivity (Wildman–Crippen MR) is 105 cm³/mol. The van der Waals surface area contributed by atoms with Gasteiger partial charge in [0.25, 0.3) is 5.91 Å². The largest absolute Gasteiger partial charge is 0.484 e. The number of rotatable bonds is 8. The minimum atomic E-state index is -0.125. The number of nitrogens with zero attached hydrogens (tertiary/aromatic N) is 3. The second-order valence-electron chi connectivity index (χ2n) is 6.17. The summed E-state index contributed by atoms with van der Waals surface area (Å²) in [6.45, 7) is 8.39. The van der Waals surface area contributed by atoms with E-state index in [1.165, 1.54) is 0 Å². The lowest BCUT2D eigenvalue weighted by Gasteiger charge is -2.18. The van der Waals surface area contributed by atoms with Crippen LogP contribution in [0.4, 0.5) is 0 Å². The SMILES string of the molecule is C=N/N=C(OC1CCN(C(=O)COc2ccc(CO)cc2)C1)\C(=C/C)CC. The van der Waals surface area contributed by atoms with Crippen LogP contribution < -0.4 is 4.74 Å². The standard InChI is InChI=1S/C20H27N3O4/c1-4-16(5-2)20(22-21-3)27-18-10-11-23(12-18)19(25)14-26-17-8-6-15(13-24)7-9-17/h4,6-9,18,24H,3,5,10-14H2,1-2H3/b16-4-,22-20+. The summed E-state index contributed by atoms with van der Waals surface area (Å²) >= 11 is 0. The Morgan fingerprint density at radius 2 is 2.15 bits per heavy atom. The van der Waals surface area contributed by atoms with E-state index in [4.69, 9.17) is 14.6 Å². The minimum absolute atomic E-state index is 0.0198. The van der Waals surface area contributed by atoms with E-state index >= 15 is 0 Å². The third-order valence-electron chi connectivity index (χ3n) is 4.41. The number of amides is 1. The number of aliphatic hydroxyl groups excluding tert-OH is 1. The van der Waals surface area contributed by atoms with E-state index in [0.29, 0.717) is 24.7 Å². The van der Waals surface area contributed by atoms with Gasteiger partial charge in [0.2, 0.25) is 5.90 Å². The molecule has 1 amide bonds. The van der Waals surface area contributed by atoms with Crippen LogP contribution in [0.5, 0.6) is 5.75 Å². The molecule has 1 atom stereocenters. The van der Waals surface area contributed by atoms with Gasteiger partial charge in [-0.3, -0.25) is 4.79 Å². The van der Waals surface area contributed by atoms with Crippen molar-refractivity contribution in [3.8, 4) is 5.75 Å². The number of aliphatic hydroxyl groups is 1. The Hall–Kier alpha value is -2.67. The van der Waals surface area contributed by atoms with E-state index in [1.807, 2.05) is 19.9 Å². The van der Waals surface area contributed by atoms with Crippen LogP contribution in [0.2, 0.25) is 0 Å². The molecule has 27 heavy (non-hydrogen) atoms. The first-order valence-electron chi connectivity index (χ1n) is 9.07. The predicted octanol–water partition coefficient (Wildman–Crippen LogP) is 2.55. The molecule has 1 aliphatic rings. The molecule has 0 saturated carbocycles. The van der Waals surface area contributed by atoms with Crippen molar-refractivity contribution in [1.29, 1.82) is 0 Å². The summed E-state index contributed by atoms with van der Waals surface area (Å²) in [7, 11) is 0. The quantitative estimate of drug-likeness (QED) is 0.431. The van der Waals surface area contributed by atoms with Crippen LogP contribution in [-0.2, 0) is 16.1 Å². The van der Waals surface area contributed by atoms with Crippen LogP contribution in [0.3, 0.4) is 0 Å². The monoisotopic (exact) mass is 373 g/mol. The number of allylic oxidation sites excluding steroid dienone is 1. The number of benzene rings is 1. The highest BCUT2D eigenvalue weighted by Crippen LogP contribution is 2.18. The molecule has 1 heterocycles. The molecule has 0 aromatic heterocycles. The smallest absolute Gasteiger partial charge is 0.260 e. The van der Waals surface area contributed by atoms with Gasteiger partial charge < -0.3 is 19.5 Å². The van der Waals surface area contributed by atoms with Gasteiger partial charge in [-0.2, -0.15) is 5.10 Å². The first-order chi connectivity index (χ1) is 13.1. The van der Waals surface area contributed by atoms with Crippen molar-refractivity contribution in [3.05, 3.63) is 41.5 Å². The number of hydrogen-bond acceptors (Lipinski definition) is 6. The Kier molecular flexibility index (Phi) is 8.00. The molecule has 1 unspecified atom stereocenters. The average Bonchev–Trinajstić information content (AvgIpc) is 3.16. The fourth-order valence-electron chi connectivity index (χ4n) is 2.84. The van der Waals surface area contributed by atoms with Crippen LogP contribution in [0.15, 0.2) is 46.1 Å². The van der Waals surface area contributed by atoms with Gasteiger partial charge in [0.15, 0.2) is 6.61 Å². The number of carbonyl (C=O) groups excluding carboxylic acids is 1. The Labute approximate surface area is 160 Å². The van der Waals surface area contributed by atoms with E-state index in [2.05, 4.69) is 16.9 Å². The summed E-state index contributed by atoms with van der Waals surface area (Å²) in [5.41, 5.74) is 1.76. The van der Waals surface area contributed by atoms with Crippen LogP contribution in [0.1, 0.15) is 32.3 Å². The highest BCUT2D eigenvalue weighted by atomic mass is 16.5. The molecule has 2 rings (SSSR count). The lowest BCUT2D eigenvalue weighted by Crippen LogP contribution is -2.34. The maximum absolute atomic E-state index is 12.4. The fraction of sp³-hybridized carbons (Fsp3) is 0.450. The van der Waals surface area contributed by atoms with Gasteiger partial charge in [0, 0.05) is 25.3 Å². The Bertz CT molecular complexity index is 698. The minimum Gasteiger partial charge on any atom is -0.484 e. The summed E-state index contributed by atoms with van der Waals surface area (Å²) in [6.07, 6.45) is 3.33. The molecule has 0 spiro atoms. The van der Waals surface area contributed by atoms with E-state index in [-0.39, 0.29) is 25.2 Å². The first kappa shape index (κ1) is 20.6. The van der Waals surface area contributed by atoms with E-state index < -0.39 is 0 Å². The highest BCUT2D eigenvalue weighted by Gasteiger charge is 2.29. The molecule has 1 aliphatic heterocycles. The molecule has 0 radical (unpaired) electrons. The molecule has 1 aromatic rings. The van der Waals surface area contributed by atoms with Crippen molar-refractivity contribution in [2.45, 2.75) is 39.4 Å². The molecule has 1 N–H and O–H groups in total. The number of carbonyl (C=O) groups is 1. The molecule has 0 aliphatic carbocycles. The third-order valence-corrected chi connectivity index (χ3v) is 4.41. The van der Waals surface area contributed by atoms with Gasteiger partial charge in [0.05, 0.1) is 13.2 Å². The molecule has 0 bridgehead atoms. The Morgan fingerprint density at radius 1 is 1.41 bits per heavy atom. The van der Waals surface area contributed by atoms with Crippen molar-refractivity contribution in [1.82, 2.24) is 4.90 Å². The summed E-state index contributed by atoms with van der Waals surface area (Å²) in [5, 5.41) is 16.6. The highest BCUT2D eigenvalue weighted by molar-refractivity contribution is 5.93. The molecule has 7 nitrogen and oxygen atoms in total. The van der Waals surface area contributed by atoms with Crippen molar-refractivity contribution >= 4 is 18.5 Å². The van der Waals surface area contributed by atoms with E-state index in [1.54, 1.807) is 29.2 Å². The third kappa shape index (κ3) is 5.92. The summed E-state index contributed by atoms with van der Waals surface area (Å²) in [4.78, 5) is 14.1. The van der Waals surface area contributed by atoms with Gasteiger partial charge in [-0.15, -0.1) is 5.10 Å². The van der Waals surface area contributed by atoms with Crippen LogP contribution in [0, 0.1) is 0 Å². The second kappa shape index (κ2) is 10.5. The molecule has 1 aromatic carbocycles. The molecule has 1 saturated heterocycles. The van der Waals surface area contributed by atoms with Gasteiger partial charge in [-0.1, -0.05) is 25.1 Å². The first-order valence-corrected chi connectivity index (χ1v) is 9.07. The van der Waals surface area contributed by atoms with Crippen molar-refractivity contribution < 1.29 is 19.4 Å². The zero-order valence-corrected chi connectivity index (χ0v) is 15.9. The fourth-order valence-corrected chi connectivity index (χ4v) is 2.84. The van der Waals surface area contributed by atoms with Gasteiger partial charge in [0.1, 0.15) is 11.9 Å². The topological polar surface area (TPSA) is 83.7 Å². The lowest BCUT2D eigenvalue weighted by molar-refractivity contribution is -0.132. The second-order valence-corrected chi connectivity index (χ2v) is 6.17. The van der Waals surface area contributed by atoms with Crippen molar-refractivity contribution in [3.63, 3.8) is 0 Å². The molecule has 7 heteroatoms. The van der Waals surface area contributed by atoms with Crippen molar-refractivity contribution in [2.24, 2.45) is 10.2 Å². The summed E-state index contributed by atoms with van der Waals surface area (Å²) in [5.74, 6) is 0.976. The summed E-state index contributed by atoms with van der Waals surface area (Å²) < 4.78 is 11.5. The van der Waals surface area contributed by atoms with Gasteiger partial charge in [-0.25, -0.2) is 0 Å². The van der Waals surface area contributed by atoms with Crippen LogP contribution >= 0.6 is 0 Å². The van der Waals surface area contributed by atoms with Crippen molar-refractivity contribution in [2.75, 3.05) is 19.7 Å². The number of likely N-dealkylation sites (tertiary alicyclic amines) is 1. The van der Waals surface area contributed by atoms with Crippen LogP contribution in [-0.4, -0.2) is 54.3 Å². The summed E-state index contributed by atoms with van der Waals surface area (Å²) in [6, 6.07) is 7.01. The normalized spacial score (nSPS) is 17.7. The van der Waals surface area contributed by atoms with E-state index in [9.17, 15) is 4.79 Å². The maximum atomic E-state index is 12.4. The Morgan fingerprint density at radius 3 is 2.74 bits per heavy atom. The number of ether oxygens (including phenoxy) is 2. The Balaban J connectivity index is 1.85. The van der Waals surface area contributed by atoms with E-state index in [0.717, 1.165) is 24.0 Å². The number of hydrogen-bond donors (Lipinski definition) is 1. The zero-order chi connectivity index (χ0) is 19.6. The molecule has 146 valence electrons.